The van der Waals surface area contributed by atoms with Crippen LogP contribution in [0.15, 0.2) is 18.2 Å². The number of ketones is 1. The average Bonchev–Trinajstić information content (AvgIpc) is 2.18. The van der Waals surface area contributed by atoms with Gasteiger partial charge in [-0.25, -0.2) is 0 Å². The Hall–Kier alpha value is -1.06. The predicted octanol–water partition coefficient (Wildman–Crippen LogP) is 3.04. The second kappa shape index (κ2) is 5.14. The van der Waals surface area contributed by atoms with E-state index >= 15 is 0 Å². The molecule has 80 valence electrons. The molecule has 0 aliphatic carbocycles. The zero-order valence-corrected chi connectivity index (χ0v) is 9.18. The van der Waals surface area contributed by atoms with Crippen LogP contribution < -0.4 is 0 Å². The lowest BCUT2D eigenvalue weighted by molar-refractivity contribution is -0.136. The highest BCUT2D eigenvalue weighted by atomic mass is 35.5. The van der Waals surface area contributed by atoms with Crippen LogP contribution in [0.4, 0.5) is 0 Å². The number of Topliss-reactive ketones (excluding diaryl/α,β-unsaturated/α-hetero) is 1. The van der Waals surface area contributed by atoms with Crippen LogP contribution >= 0.6 is 23.2 Å². The summed E-state index contributed by atoms with van der Waals surface area (Å²) in [5, 5.41) is 8.89. The second-order valence-corrected chi connectivity index (χ2v) is 3.70. The summed E-state index contributed by atoms with van der Waals surface area (Å²) in [6, 6.07) is 4.69. The van der Waals surface area contributed by atoms with Gasteiger partial charge in [0.05, 0.1) is 16.5 Å². The van der Waals surface area contributed by atoms with Gasteiger partial charge in [0.15, 0.2) is 5.78 Å². The molecule has 1 rings (SSSR count). The molecule has 0 unspecified atom stereocenters. The van der Waals surface area contributed by atoms with E-state index in [-0.39, 0.29) is 34.2 Å². The number of carboxylic acid groups (broad SMARTS) is 1. The van der Waals surface area contributed by atoms with Crippen molar-refractivity contribution in [1.82, 2.24) is 0 Å². The minimum Gasteiger partial charge on any atom is -0.481 e. The number of halogens is 2. The summed E-state index contributed by atoms with van der Waals surface area (Å²) >= 11 is 11.5. The number of carbonyl (C=O) groups excluding carboxylic acids is 1. The van der Waals surface area contributed by atoms with Crippen molar-refractivity contribution in [3.05, 3.63) is 33.8 Å². The van der Waals surface area contributed by atoms with Crippen LogP contribution in [0.25, 0.3) is 0 Å². The van der Waals surface area contributed by atoms with Gasteiger partial charge >= 0.3 is 5.97 Å². The number of aliphatic carboxylic acids is 1. The lowest BCUT2D eigenvalue weighted by Crippen LogP contribution is -2.04. The molecular weight excluding hydrogens is 239 g/mol. The Kier molecular flexibility index (Phi) is 4.12. The van der Waals surface area contributed by atoms with Crippen LogP contribution in [0, 0.1) is 0 Å². The van der Waals surface area contributed by atoms with Gasteiger partial charge in [-0.15, -0.1) is 0 Å². The minimum atomic E-state index is -1.01. The molecule has 0 radical (unpaired) electrons. The Labute approximate surface area is 96.6 Å². The molecule has 0 saturated heterocycles. The first kappa shape index (κ1) is 12.0. The summed E-state index contributed by atoms with van der Waals surface area (Å²) in [5.41, 5.74) is 0.269. The molecule has 15 heavy (non-hydrogen) atoms. The summed E-state index contributed by atoms with van der Waals surface area (Å²) in [4.78, 5) is 21.8. The van der Waals surface area contributed by atoms with E-state index in [2.05, 4.69) is 0 Å². The monoisotopic (exact) mass is 246 g/mol. The van der Waals surface area contributed by atoms with Gasteiger partial charge in [-0.1, -0.05) is 29.3 Å². The molecule has 5 heteroatoms. The molecule has 0 aliphatic heterocycles. The van der Waals surface area contributed by atoms with Crippen molar-refractivity contribution in [1.29, 1.82) is 0 Å². The third kappa shape index (κ3) is 3.22. The van der Waals surface area contributed by atoms with Gasteiger partial charge in [0.1, 0.15) is 0 Å². The molecule has 0 bridgehead atoms. The standard InChI is InChI=1S/C10H8Cl2O3/c11-7-3-1-2-6(10(7)12)8(13)4-5-9(14)15/h1-3H,4-5H2,(H,14,15). The lowest BCUT2D eigenvalue weighted by Gasteiger charge is -2.03. The van der Waals surface area contributed by atoms with E-state index in [4.69, 9.17) is 28.3 Å². The van der Waals surface area contributed by atoms with Crippen LogP contribution in [-0.4, -0.2) is 16.9 Å². The highest BCUT2D eigenvalue weighted by Crippen LogP contribution is 2.26. The molecule has 1 aromatic rings. The van der Waals surface area contributed by atoms with Crippen molar-refractivity contribution >= 4 is 35.0 Å². The van der Waals surface area contributed by atoms with E-state index in [0.717, 1.165) is 0 Å². The van der Waals surface area contributed by atoms with Crippen LogP contribution in [0.2, 0.25) is 10.0 Å². The Bertz CT molecular complexity index is 402. The van der Waals surface area contributed by atoms with E-state index in [1.165, 1.54) is 6.07 Å². The molecule has 3 nitrogen and oxygen atoms in total. The fraction of sp³-hybridized carbons (Fsp3) is 0.200. The summed E-state index contributed by atoms with van der Waals surface area (Å²) in [7, 11) is 0. The maximum Gasteiger partial charge on any atom is 0.303 e. The van der Waals surface area contributed by atoms with Gasteiger partial charge in [0.25, 0.3) is 0 Å². The SMILES string of the molecule is O=C(O)CCC(=O)c1cccc(Cl)c1Cl. The van der Waals surface area contributed by atoms with E-state index in [1.54, 1.807) is 12.1 Å². The van der Waals surface area contributed by atoms with Crippen molar-refractivity contribution in [3.8, 4) is 0 Å². The summed E-state index contributed by atoms with van der Waals surface area (Å²) in [5.74, 6) is -1.33. The van der Waals surface area contributed by atoms with Crippen molar-refractivity contribution in [2.75, 3.05) is 0 Å². The topological polar surface area (TPSA) is 54.4 Å². The summed E-state index contributed by atoms with van der Waals surface area (Å²) in [6.45, 7) is 0. The maximum atomic E-state index is 11.5. The maximum absolute atomic E-state index is 11.5. The zero-order valence-electron chi connectivity index (χ0n) is 7.67. The molecule has 0 amide bonds. The third-order valence-electron chi connectivity index (χ3n) is 1.82. The largest absolute Gasteiger partial charge is 0.481 e. The first-order valence-corrected chi connectivity index (χ1v) is 4.97. The molecule has 0 spiro atoms. The number of benzene rings is 1. The van der Waals surface area contributed by atoms with Gasteiger partial charge in [0, 0.05) is 12.0 Å². The Balaban J connectivity index is 2.82. The zero-order chi connectivity index (χ0) is 11.4. The first-order chi connectivity index (χ1) is 7.02. The number of carboxylic acids is 1. The van der Waals surface area contributed by atoms with E-state index in [0.29, 0.717) is 0 Å². The number of hydrogen-bond donors (Lipinski definition) is 1. The van der Waals surface area contributed by atoms with Crippen LogP contribution in [0.1, 0.15) is 23.2 Å². The smallest absolute Gasteiger partial charge is 0.303 e. The molecule has 0 fully saturated rings. The van der Waals surface area contributed by atoms with E-state index in [1.807, 2.05) is 0 Å². The first-order valence-electron chi connectivity index (χ1n) is 4.21. The van der Waals surface area contributed by atoms with Gasteiger partial charge in [-0.3, -0.25) is 9.59 Å². The van der Waals surface area contributed by atoms with Crippen molar-refractivity contribution in [2.24, 2.45) is 0 Å². The average molecular weight is 247 g/mol. The predicted molar refractivity (Wildman–Crippen MR) is 57.7 cm³/mol. The highest BCUT2D eigenvalue weighted by Gasteiger charge is 2.13. The quantitative estimate of drug-likeness (QED) is 0.832. The second-order valence-electron chi connectivity index (χ2n) is 2.92. The number of hydrogen-bond acceptors (Lipinski definition) is 2. The lowest BCUT2D eigenvalue weighted by atomic mass is 10.1. The van der Waals surface area contributed by atoms with Crippen molar-refractivity contribution in [2.45, 2.75) is 12.8 Å². The van der Waals surface area contributed by atoms with E-state index < -0.39 is 5.97 Å². The molecule has 0 aromatic heterocycles. The Morgan fingerprint density at radius 1 is 1.20 bits per heavy atom. The van der Waals surface area contributed by atoms with Crippen molar-refractivity contribution < 1.29 is 14.7 Å². The van der Waals surface area contributed by atoms with Crippen LogP contribution in [0.5, 0.6) is 0 Å². The minimum absolute atomic E-state index is 0.0740. The fourth-order valence-electron chi connectivity index (χ4n) is 1.07. The third-order valence-corrected chi connectivity index (χ3v) is 2.64. The van der Waals surface area contributed by atoms with Crippen LogP contribution in [-0.2, 0) is 4.79 Å². The van der Waals surface area contributed by atoms with Crippen LogP contribution in [0.3, 0.4) is 0 Å². The van der Waals surface area contributed by atoms with E-state index in [9.17, 15) is 9.59 Å². The molecule has 1 N–H and O–H groups in total. The fourth-order valence-corrected chi connectivity index (χ4v) is 1.48. The Morgan fingerprint density at radius 3 is 2.47 bits per heavy atom. The van der Waals surface area contributed by atoms with Crippen molar-refractivity contribution in [3.63, 3.8) is 0 Å². The molecule has 1 aromatic carbocycles. The normalized spacial score (nSPS) is 10.0. The molecular formula is C10H8Cl2O3. The summed E-state index contributed by atoms with van der Waals surface area (Å²) in [6.07, 6.45) is -0.281. The highest BCUT2D eigenvalue weighted by molar-refractivity contribution is 6.43. The van der Waals surface area contributed by atoms with Gasteiger partial charge in [-0.05, 0) is 12.1 Å². The van der Waals surface area contributed by atoms with Gasteiger partial charge in [-0.2, -0.15) is 0 Å². The molecule has 0 saturated carbocycles. The number of carbonyl (C=O) groups is 2. The molecule has 0 atom stereocenters. The molecule has 0 heterocycles. The van der Waals surface area contributed by atoms with Gasteiger partial charge < -0.3 is 5.11 Å². The molecule has 0 aliphatic rings. The number of rotatable bonds is 4. The van der Waals surface area contributed by atoms with Gasteiger partial charge in [0.2, 0.25) is 0 Å². The Morgan fingerprint density at radius 2 is 1.87 bits per heavy atom. The summed E-state index contributed by atoms with van der Waals surface area (Å²) < 4.78 is 0.